The first-order valence-electron chi connectivity index (χ1n) is 4.52. The Hall–Kier alpha value is -1.04. The summed E-state index contributed by atoms with van der Waals surface area (Å²) in [4.78, 5) is 0. The highest BCUT2D eigenvalue weighted by molar-refractivity contribution is 5.06. The number of hydrogen-bond donors (Lipinski definition) is 0. The van der Waals surface area contributed by atoms with Crippen molar-refractivity contribution >= 4 is 0 Å². The third-order valence-electron chi connectivity index (χ3n) is 1.68. The topological polar surface area (TPSA) is 0 Å². The van der Waals surface area contributed by atoms with Gasteiger partial charge in [0.05, 0.1) is 0 Å². The maximum atomic E-state index is 3.25. The maximum Gasteiger partial charge on any atom is -0.0163 e. The predicted molar refractivity (Wildman–Crippen MR) is 53.7 cm³/mol. The molecule has 0 aromatic rings. The average molecular weight is 159 g/mol. The van der Waals surface area contributed by atoms with E-state index in [9.17, 15) is 0 Å². The number of hydrogen-bond acceptors (Lipinski definition) is 0. The Kier molecular flexibility index (Phi) is 5.02. The van der Waals surface area contributed by atoms with E-state index in [1.54, 1.807) is 0 Å². The van der Waals surface area contributed by atoms with E-state index in [0.29, 0.717) is 0 Å². The van der Waals surface area contributed by atoms with Crippen molar-refractivity contribution in [1.29, 1.82) is 0 Å². The van der Waals surface area contributed by atoms with Crippen LogP contribution in [0.5, 0.6) is 0 Å². The molecule has 0 unspecified atom stereocenters. The summed E-state index contributed by atoms with van der Waals surface area (Å²) in [6, 6.07) is 0. The first-order chi connectivity index (χ1) is 6.00. The molecule has 0 saturated carbocycles. The predicted octanol–water partition coefficient (Wildman–Crippen LogP) is 3.59. The first kappa shape index (κ1) is 9.05. The zero-order chi connectivity index (χ0) is 8.49. The molecule has 0 heterocycles. The molecule has 0 spiro atoms. The molecule has 0 aromatic carbocycles. The van der Waals surface area contributed by atoms with Crippen LogP contribution < -0.4 is 0 Å². The lowest BCUT2D eigenvalue weighted by atomic mass is 10.2. The monoisotopic (exact) mass is 159 g/mol. The molecule has 0 N–H and O–H groups in total. The van der Waals surface area contributed by atoms with E-state index < -0.39 is 0 Å². The van der Waals surface area contributed by atoms with E-state index in [1.807, 2.05) is 0 Å². The van der Waals surface area contributed by atoms with Crippen molar-refractivity contribution in [2.24, 2.45) is 0 Å². The lowest BCUT2D eigenvalue weighted by Gasteiger charge is -1.87. The van der Waals surface area contributed by atoms with E-state index >= 15 is 0 Å². The van der Waals surface area contributed by atoms with Crippen LogP contribution in [0.2, 0.25) is 0 Å². The van der Waals surface area contributed by atoms with Crippen LogP contribution in [0.3, 0.4) is 0 Å². The van der Waals surface area contributed by atoms with Crippen molar-refractivity contribution in [3.05, 3.63) is 48.6 Å². The zero-order valence-corrected chi connectivity index (χ0v) is 7.37. The number of rotatable bonds is 0. The third-order valence-corrected chi connectivity index (χ3v) is 1.68. The summed E-state index contributed by atoms with van der Waals surface area (Å²) in [5.74, 6) is 0. The minimum Gasteiger partial charge on any atom is -0.0844 e. The summed E-state index contributed by atoms with van der Waals surface area (Å²) >= 11 is 0. The van der Waals surface area contributed by atoms with E-state index in [1.165, 1.54) is 0 Å². The summed E-state index contributed by atoms with van der Waals surface area (Å²) in [5, 5.41) is 0. The minimum absolute atomic E-state index is 1.03. The molecular formula is C12H15. The van der Waals surface area contributed by atoms with Gasteiger partial charge in [-0.3, -0.25) is 0 Å². The molecule has 0 atom stereocenters. The van der Waals surface area contributed by atoms with Crippen LogP contribution in [0.25, 0.3) is 0 Å². The van der Waals surface area contributed by atoms with E-state index in [2.05, 4.69) is 48.6 Å². The molecule has 0 saturated heterocycles. The molecule has 63 valence electrons. The summed E-state index contributed by atoms with van der Waals surface area (Å²) in [7, 11) is 0. The fourth-order valence-electron chi connectivity index (χ4n) is 1.02. The van der Waals surface area contributed by atoms with Crippen LogP contribution >= 0.6 is 0 Å². The summed E-state index contributed by atoms with van der Waals surface area (Å²) in [5.41, 5.74) is 0. The van der Waals surface area contributed by atoms with Crippen LogP contribution in [0.4, 0.5) is 0 Å². The van der Waals surface area contributed by atoms with Gasteiger partial charge < -0.3 is 0 Å². The molecule has 0 aromatic heterocycles. The highest BCUT2D eigenvalue weighted by atomic mass is 13.8. The summed E-state index contributed by atoms with van der Waals surface area (Å²) in [6.07, 6.45) is 22.5. The second-order valence-electron chi connectivity index (χ2n) is 2.75. The molecule has 1 rings (SSSR count). The molecule has 1 radical (unpaired) electrons. The quantitative estimate of drug-likeness (QED) is 0.474. The average Bonchev–Trinajstić information content (AvgIpc) is 2.05. The molecule has 1 aliphatic rings. The highest BCUT2D eigenvalue weighted by Crippen LogP contribution is 1.97. The molecule has 0 amide bonds. The van der Waals surface area contributed by atoms with Gasteiger partial charge in [-0.25, -0.2) is 0 Å². The highest BCUT2D eigenvalue weighted by Gasteiger charge is 1.78. The van der Waals surface area contributed by atoms with Crippen molar-refractivity contribution in [2.75, 3.05) is 0 Å². The van der Waals surface area contributed by atoms with Gasteiger partial charge in [0.2, 0.25) is 0 Å². The van der Waals surface area contributed by atoms with Crippen molar-refractivity contribution in [1.82, 2.24) is 0 Å². The molecule has 0 bridgehead atoms. The van der Waals surface area contributed by atoms with Crippen LogP contribution in [-0.4, -0.2) is 0 Å². The molecule has 0 nitrogen and oxygen atoms in total. The van der Waals surface area contributed by atoms with Gasteiger partial charge in [0.1, 0.15) is 0 Å². The SMILES string of the molecule is [C]1=C\C/C=C/C/C=C/C=C\CC/1. The van der Waals surface area contributed by atoms with E-state index in [0.717, 1.165) is 25.7 Å². The Bertz CT molecular complexity index is 204. The molecular weight excluding hydrogens is 144 g/mol. The van der Waals surface area contributed by atoms with Gasteiger partial charge in [-0.1, -0.05) is 42.5 Å². The lowest BCUT2D eigenvalue weighted by Crippen LogP contribution is -1.68. The molecule has 0 aliphatic heterocycles. The van der Waals surface area contributed by atoms with Gasteiger partial charge >= 0.3 is 0 Å². The molecule has 0 heteroatoms. The standard InChI is InChI=1S/C12H15/c1-2-4-6-8-10-12-11-9-7-5-3-1/h1-4,7,9,12H,5-6,8,11H2/b3-1+,4-2-,9-7+,12-10?. The molecule has 1 aliphatic carbocycles. The second-order valence-corrected chi connectivity index (χ2v) is 2.75. The lowest BCUT2D eigenvalue weighted by molar-refractivity contribution is 1.02. The molecule has 12 heavy (non-hydrogen) atoms. The van der Waals surface area contributed by atoms with Crippen LogP contribution in [0, 0.1) is 6.08 Å². The Morgan fingerprint density at radius 2 is 1.67 bits per heavy atom. The van der Waals surface area contributed by atoms with Gasteiger partial charge in [-0.2, -0.15) is 0 Å². The Morgan fingerprint density at radius 1 is 0.833 bits per heavy atom. The number of allylic oxidation sites excluding steroid dienone is 8. The Labute approximate surface area is 75.0 Å². The summed E-state index contributed by atoms with van der Waals surface area (Å²) < 4.78 is 0. The van der Waals surface area contributed by atoms with Crippen molar-refractivity contribution in [3.8, 4) is 0 Å². The van der Waals surface area contributed by atoms with Crippen LogP contribution in [0.15, 0.2) is 42.5 Å². The Balaban J connectivity index is 2.41. The maximum absolute atomic E-state index is 3.25. The van der Waals surface area contributed by atoms with Crippen molar-refractivity contribution in [2.45, 2.75) is 25.7 Å². The van der Waals surface area contributed by atoms with E-state index in [4.69, 9.17) is 0 Å². The van der Waals surface area contributed by atoms with E-state index in [-0.39, 0.29) is 0 Å². The fraction of sp³-hybridized carbons (Fsp3) is 0.333. The normalized spacial score (nSPS) is 29.3. The largest absolute Gasteiger partial charge is 0.0844 e. The van der Waals surface area contributed by atoms with Gasteiger partial charge in [-0.15, -0.1) is 0 Å². The minimum atomic E-state index is 1.03. The van der Waals surface area contributed by atoms with Crippen molar-refractivity contribution < 1.29 is 0 Å². The first-order valence-corrected chi connectivity index (χ1v) is 4.52. The van der Waals surface area contributed by atoms with Gasteiger partial charge in [0, 0.05) is 0 Å². The third kappa shape index (κ3) is 4.73. The Morgan fingerprint density at radius 3 is 2.67 bits per heavy atom. The zero-order valence-electron chi connectivity index (χ0n) is 7.37. The van der Waals surface area contributed by atoms with Gasteiger partial charge in [0.15, 0.2) is 0 Å². The van der Waals surface area contributed by atoms with Crippen molar-refractivity contribution in [3.63, 3.8) is 0 Å². The smallest absolute Gasteiger partial charge is 0.0163 e. The van der Waals surface area contributed by atoms with Crippen LogP contribution in [-0.2, 0) is 0 Å². The fourth-order valence-corrected chi connectivity index (χ4v) is 1.02. The summed E-state index contributed by atoms with van der Waals surface area (Å²) in [6.45, 7) is 0. The second kappa shape index (κ2) is 6.66. The van der Waals surface area contributed by atoms with Gasteiger partial charge in [0.25, 0.3) is 0 Å². The molecule has 0 fully saturated rings. The van der Waals surface area contributed by atoms with Crippen LogP contribution in [0.1, 0.15) is 25.7 Å². The van der Waals surface area contributed by atoms with Gasteiger partial charge in [-0.05, 0) is 31.8 Å².